The van der Waals surface area contributed by atoms with Gasteiger partial charge in [0.25, 0.3) is 5.91 Å². The minimum atomic E-state index is -0.641. The molecule has 0 radical (unpaired) electrons. The summed E-state index contributed by atoms with van der Waals surface area (Å²) in [5.41, 5.74) is 3.13. The lowest BCUT2D eigenvalue weighted by Crippen LogP contribution is -2.48. The number of carbonyl (C=O) groups excluding carboxylic acids is 2. The maximum Gasteiger partial charge on any atom is 0.261 e. The summed E-state index contributed by atoms with van der Waals surface area (Å²) in [5, 5.41) is 2.94. The van der Waals surface area contributed by atoms with Gasteiger partial charge in [-0.2, -0.15) is 0 Å². The van der Waals surface area contributed by atoms with Crippen LogP contribution in [0.5, 0.6) is 5.75 Å². The van der Waals surface area contributed by atoms with Crippen LogP contribution < -0.4 is 10.1 Å². The molecule has 3 rings (SSSR count). The van der Waals surface area contributed by atoms with Crippen molar-refractivity contribution in [3.05, 3.63) is 102 Å². The summed E-state index contributed by atoms with van der Waals surface area (Å²) in [6.45, 7) is 4.38. The van der Waals surface area contributed by atoms with Crippen molar-refractivity contribution < 1.29 is 14.3 Å². The second kappa shape index (κ2) is 11.0. The summed E-state index contributed by atoms with van der Waals surface area (Å²) in [6, 6.07) is 26.2. The van der Waals surface area contributed by atoms with Crippen molar-refractivity contribution in [2.24, 2.45) is 0 Å². The monoisotopic (exact) mass is 416 g/mol. The van der Waals surface area contributed by atoms with E-state index in [4.69, 9.17) is 4.74 Å². The third-order valence-corrected chi connectivity index (χ3v) is 5.06. The van der Waals surface area contributed by atoms with Gasteiger partial charge in [0.2, 0.25) is 5.91 Å². The van der Waals surface area contributed by atoms with Crippen LogP contribution in [-0.4, -0.2) is 29.4 Å². The molecule has 5 nitrogen and oxygen atoms in total. The van der Waals surface area contributed by atoms with Gasteiger partial charge < -0.3 is 15.0 Å². The number of nitrogens with one attached hydrogen (secondary N) is 1. The quantitative estimate of drug-likeness (QED) is 0.571. The van der Waals surface area contributed by atoms with Crippen LogP contribution in [0, 0.1) is 6.92 Å². The molecule has 0 saturated heterocycles. The highest BCUT2D eigenvalue weighted by Gasteiger charge is 2.26. The molecule has 3 aromatic carbocycles. The number of rotatable bonds is 9. The summed E-state index contributed by atoms with van der Waals surface area (Å²) in [7, 11) is 0. The second-order valence-electron chi connectivity index (χ2n) is 7.49. The lowest BCUT2D eigenvalue weighted by molar-refractivity contribution is -0.142. The number of hydrogen-bond acceptors (Lipinski definition) is 3. The minimum absolute atomic E-state index is 0.133. The highest BCUT2D eigenvalue weighted by molar-refractivity contribution is 5.87. The van der Waals surface area contributed by atoms with Crippen molar-refractivity contribution in [3.63, 3.8) is 0 Å². The predicted molar refractivity (Wildman–Crippen MR) is 121 cm³/mol. The van der Waals surface area contributed by atoms with Gasteiger partial charge in [-0.15, -0.1) is 0 Å². The predicted octanol–water partition coefficient (Wildman–Crippen LogP) is 4.11. The number of amides is 2. The molecule has 0 aliphatic rings. The van der Waals surface area contributed by atoms with Crippen LogP contribution in [0.1, 0.15) is 23.6 Å². The molecule has 1 unspecified atom stereocenters. The Labute approximate surface area is 183 Å². The molecule has 0 aliphatic heterocycles. The molecule has 0 heterocycles. The smallest absolute Gasteiger partial charge is 0.261 e. The first kappa shape index (κ1) is 22.1. The van der Waals surface area contributed by atoms with Gasteiger partial charge in [-0.1, -0.05) is 78.4 Å². The number of para-hydroxylation sites is 1. The number of nitrogens with zero attached hydrogens (tertiary/aromatic N) is 1. The lowest BCUT2D eigenvalue weighted by Gasteiger charge is -2.28. The van der Waals surface area contributed by atoms with E-state index in [9.17, 15) is 9.59 Å². The number of ether oxygens (including phenoxy) is 1. The molecule has 1 atom stereocenters. The molecule has 3 aromatic rings. The highest BCUT2D eigenvalue weighted by atomic mass is 16.5. The first-order valence-corrected chi connectivity index (χ1v) is 10.4. The Morgan fingerprint density at radius 3 is 2.13 bits per heavy atom. The molecule has 31 heavy (non-hydrogen) atoms. The third kappa shape index (κ3) is 6.71. The molecule has 0 aliphatic carbocycles. The van der Waals surface area contributed by atoms with E-state index in [2.05, 4.69) is 5.32 Å². The van der Waals surface area contributed by atoms with E-state index in [0.29, 0.717) is 18.8 Å². The molecule has 0 saturated carbocycles. The van der Waals surface area contributed by atoms with Gasteiger partial charge in [-0.25, -0.2) is 0 Å². The Bertz CT molecular complexity index is 973. The van der Waals surface area contributed by atoms with Gasteiger partial charge in [0.1, 0.15) is 11.8 Å². The molecule has 1 N–H and O–H groups in total. The first-order chi connectivity index (χ1) is 15.0. The fourth-order valence-electron chi connectivity index (χ4n) is 3.15. The van der Waals surface area contributed by atoms with Crippen molar-refractivity contribution in [2.45, 2.75) is 33.0 Å². The average Bonchev–Trinajstić information content (AvgIpc) is 2.81. The van der Waals surface area contributed by atoms with Crippen molar-refractivity contribution >= 4 is 11.8 Å². The van der Waals surface area contributed by atoms with Crippen molar-refractivity contribution in [1.82, 2.24) is 10.2 Å². The Hall–Kier alpha value is -3.60. The Balaban J connectivity index is 1.66. The lowest BCUT2D eigenvalue weighted by atomic mass is 10.1. The number of hydrogen-bond donors (Lipinski definition) is 1. The van der Waals surface area contributed by atoms with E-state index in [-0.39, 0.29) is 18.4 Å². The highest BCUT2D eigenvalue weighted by Crippen LogP contribution is 2.13. The van der Waals surface area contributed by atoms with Crippen LogP contribution in [0.2, 0.25) is 0 Å². The van der Waals surface area contributed by atoms with Crippen LogP contribution >= 0.6 is 0 Å². The fraction of sp³-hybridized carbons (Fsp3) is 0.231. The molecule has 0 fully saturated rings. The fourth-order valence-corrected chi connectivity index (χ4v) is 3.15. The normalized spacial score (nSPS) is 11.4. The van der Waals surface area contributed by atoms with Gasteiger partial charge >= 0.3 is 0 Å². The number of carbonyl (C=O) groups is 2. The van der Waals surface area contributed by atoms with Crippen molar-refractivity contribution in [1.29, 1.82) is 0 Å². The summed E-state index contributed by atoms with van der Waals surface area (Å²) in [4.78, 5) is 27.4. The van der Waals surface area contributed by atoms with E-state index < -0.39 is 6.04 Å². The summed E-state index contributed by atoms with van der Waals surface area (Å²) < 4.78 is 5.63. The van der Waals surface area contributed by atoms with E-state index in [0.717, 1.165) is 11.1 Å². The molecule has 5 heteroatoms. The average molecular weight is 417 g/mol. The zero-order valence-electron chi connectivity index (χ0n) is 18.0. The Morgan fingerprint density at radius 2 is 1.48 bits per heavy atom. The van der Waals surface area contributed by atoms with E-state index >= 15 is 0 Å². The number of benzene rings is 3. The Kier molecular flexibility index (Phi) is 7.82. The summed E-state index contributed by atoms with van der Waals surface area (Å²) in [6.07, 6.45) is 0. The van der Waals surface area contributed by atoms with Crippen LogP contribution in [0.4, 0.5) is 0 Å². The molecular formula is C26H28N2O3. The van der Waals surface area contributed by atoms with E-state index in [1.807, 2.05) is 79.7 Å². The van der Waals surface area contributed by atoms with Gasteiger partial charge in [0.15, 0.2) is 6.61 Å². The van der Waals surface area contributed by atoms with Crippen molar-refractivity contribution in [3.8, 4) is 5.75 Å². The van der Waals surface area contributed by atoms with E-state index in [1.165, 1.54) is 5.56 Å². The topological polar surface area (TPSA) is 58.6 Å². The maximum absolute atomic E-state index is 13.0. The Morgan fingerprint density at radius 1 is 0.871 bits per heavy atom. The summed E-state index contributed by atoms with van der Waals surface area (Å²) in [5.74, 6) is 0.169. The SMILES string of the molecule is Cc1ccc(CNC(=O)C(C)N(Cc2ccccc2)C(=O)COc2ccccc2)cc1. The maximum atomic E-state index is 13.0. The number of aryl methyl sites for hydroxylation is 1. The molecular weight excluding hydrogens is 388 g/mol. The van der Waals surface area contributed by atoms with Gasteiger partial charge in [-0.3, -0.25) is 9.59 Å². The summed E-state index contributed by atoms with van der Waals surface area (Å²) >= 11 is 0. The van der Waals surface area contributed by atoms with Crippen LogP contribution in [0.15, 0.2) is 84.9 Å². The molecule has 160 valence electrons. The molecule has 2 amide bonds. The third-order valence-electron chi connectivity index (χ3n) is 5.06. The van der Waals surface area contributed by atoms with Crippen LogP contribution in [-0.2, 0) is 22.7 Å². The van der Waals surface area contributed by atoms with Crippen molar-refractivity contribution in [2.75, 3.05) is 6.61 Å². The first-order valence-electron chi connectivity index (χ1n) is 10.4. The minimum Gasteiger partial charge on any atom is -0.484 e. The zero-order chi connectivity index (χ0) is 22.1. The van der Waals surface area contributed by atoms with E-state index in [1.54, 1.807) is 24.0 Å². The second-order valence-corrected chi connectivity index (χ2v) is 7.49. The van der Waals surface area contributed by atoms with Gasteiger partial charge in [0.05, 0.1) is 0 Å². The molecule has 0 spiro atoms. The molecule has 0 aromatic heterocycles. The van der Waals surface area contributed by atoms with Crippen LogP contribution in [0.3, 0.4) is 0 Å². The zero-order valence-corrected chi connectivity index (χ0v) is 18.0. The van der Waals surface area contributed by atoms with Crippen LogP contribution in [0.25, 0.3) is 0 Å². The standard InChI is InChI=1S/C26H28N2O3/c1-20-13-15-22(16-14-20)17-27-26(30)21(2)28(18-23-9-5-3-6-10-23)25(29)19-31-24-11-7-4-8-12-24/h3-16,21H,17-19H2,1-2H3,(H,27,30). The van der Waals surface area contributed by atoms with Gasteiger partial charge in [-0.05, 0) is 37.1 Å². The molecule has 0 bridgehead atoms. The largest absolute Gasteiger partial charge is 0.484 e. The van der Waals surface area contributed by atoms with Gasteiger partial charge in [0, 0.05) is 13.1 Å².